The van der Waals surface area contributed by atoms with E-state index in [-0.39, 0.29) is 49.5 Å². The fourth-order valence-corrected chi connectivity index (χ4v) is 1.77. The van der Waals surface area contributed by atoms with Crippen molar-refractivity contribution in [3.8, 4) is 0 Å². The summed E-state index contributed by atoms with van der Waals surface area (Å²) in [5.41, 5.74) is 0. The fourth-order valence-electron chi connectivity index (χ4n) is 1.77. The minimum atomic E-state index is -0.174. The van der Waals surface area contributed by atoms with Gasteiger partial charge in [0.2, 0.25) is 11.8 Å². The molecule has 0 saturated carbocycles. The van der Waals surface area contributed by atoms with Crippen LogP contribution in [0.25, 0.3) is 0 Å². The molecule has 0 radical (unpaired) electrons. The van der Waals surface area contributed by atoms with Crippen molar-refractivity contribution in [2.24, 2.45) is 0 Å². The topological polar surface area (TPSA) is 79.5 Å². The molecule has 0 aliphatic carbocycles. The van der Waals surface area contributed by atoms with Gasteiger partial charge in [0.1, 0.15) is 0 Å². The zero-order valence-corrected chi connectivity index (χ0v) is 12.3. The van der Waals surface area contributed by atoms with Gasteiger partial charge in [0.05, 0.1) is 19.2 Å². The number of rotatable bonds is 7. The van der Waals surface area contributed by atoms with Crippen LogP contribution in [-0.4, -0.2) is 50.2 Å². The predicted octanol–water partition coefficient (Wildman–Crippen LogP) is -0.182. The van der Waals surface area contributed by atoms with Crippen LogP contribution in [0, 0.1) is 0 Å². The Labute approximate surface area is 120 Å². The molecule has 112 valence electrons. The summed E-state index contributed by atoms with van der Waals surface area (Å²) in [5, 5.41) is 8.29. The Morgan fingerprint density at radius 3 is 2.58 bits per heavy atom. The number of amides is 2. The molecule has 1 heterocycles. The molecule has 2 amide bonds. The largest absolute Gasteiger partial charge is 0.377 e. The second-order valence-electron chi connectivity index (χ2n) is 4.76. The van der Waals surface area contributed by atoms with Crippen molar-refractivity contribution in [1.29, 1.82) is 0 Å². The summed E-state index contributed by atoms with van der Waals surface area (Å²) in [6, 6.07) is 0.0899. The third-order valence-electron chi connectivity index (χ3n) is 2.58. The van der Waals surface area contributed by atoms with E-state index in [4.69, 9.17) is 4.74 Å². The van der Waals surface area contributed by atoms with Gasteiger partial charge in [-0.3, -0.25) is 9.59 Å². The van der Waals surface area contributed by atoms with Gasteiger partial charge in [-0.25, -0.2) is 0 Å². The third-order valence-corrected chi connectivity index (χ3v) is 2.58. The van der Waals surface area contributed by atoms with Crippen LogP contribution in [0.2, 0.25) is 0 Å². The van der Waals surface area contributed by atoms with E-state index < -0.39 is 0 Å². The fraction of sp³-hybridized carbons (Fsp3) is 0.833. The summed E-state index contributed by atoms with van der Waals surface area (Å²) < 4.78 is 5.42. The Hall–Kier alpha value is -0.850. The average Bonchev–Trinajstić information content (AvgIpc) is 2.78. The molecule has 3 N–H and O–H groups in total. The highest BCUT2D eigenvalue weighted by Gasteiger charge is 2.15. The molecule has 6 nitrogen and oxygen atoms in total. The van der Waals surface area contributed by atoms with Crippen LogP contribution in [0.4, 0.5) is 0 Å². The number of halogens is 1. The van der Waals surface area contributed by atoms with Crippen LogP contribution in [0.1, 0.15) is 26.7 Å². The van der Waals surface area contributed by atoms with Crippen LogP contribution in [-0.2, 0) is 14.3 Å². The maximum Gasteiger partial charge on any atom is 0.239 e. The Morgan fingerprint density at radius 1 is 1.26 bits per heavy atom. The average molecular weight is 294 g/mol. The summed E-state index contributed by atoms with van der Waals surface area (Å²) in [6.45, 7) is 5.50. The molecule has 1 aliphatic heterocycles. The maximum atomic E-state index is 11.4. The van der Waals surface area contributed by atoms with Crippen molar-refractivity contribution in [3.63, 3.8) is 0 Å². The van der Waals surface area contributed by atoms with Gasteiger partial charge in [-0.2, -0.15) is 0 Å². The molecule has 1 unspecified atom stereocenters. The Bertz CT molecular complexity index is 281. The molecule has 0 aromatic carbocycles. The van der Waals surface area contributed by atoms with Gasteiger partial charge in [0, 0.05) is 19.2 Å². The molecule has 1 aliphatic rings. The van der Waals surface area contributed by atoms with E-state index in [1.54, 1.807) is 0 Å². The van der Waals surface area contributed by atoms with Gasteiger partial charge in [-0.15, -0.1) is 12.4 Å². The lowest BCUT2D eigenvalue weighted by atomic mass is 10.2. The summed E-state index contributed by atoms with van der Waals surface area (Å²) in [7, 11) is 0. The first-order valence-electron chi connectivity index (χ1n) is 6.46. The lowest BCUT2D eigenvalue weighted by molar-refractivity contribution is -0.125. The first-order chi connectivity index (χ1) is 8.58. The standard InChI is InChI=1S/C12H23N3O3.ClH/c1-9(2)15-12(17)8-14-11(16)7-13-6-10-4-3-5-18-10;/h9-10,13H,3-8H2,1-2H3,(H,14,16)(H,15,17);1H. The van der Waals surface area contributed by atoms with Gasteiger partial charge in [-0.05, 0) is 26.7 Å². The van der Waals surface area contributed by atoms with Gasteiger partial charge in [0.25, 0.3) is 0 Å². The van der Waals surface area contributed by atoms with E-state index in [1.165, 1.54) is 0 Å². The molecule has 19 heavy (non-hydrogen) atoms. The predicted molar refractivity (Wildman–Crippen MR) is 75.4 cm³/mol. The molecule has 0 aromatic rings. The molecule has 1 atom stereocenters. The number of ether oxygens (including phenoxy) is 1. The molecule has 0 bridgehead atoms. The van der Waals surface area contributed by atoms with E-state index in [1.807, 2.05) is 13.8 Å². The van der Waals surface area contributed by atoms with Crippen LogP contribution >= 0.6 is 12.4 Å². The molecular formula is C12H24ClN3O3. The first kappa shape index (κ1) is 18.1. The number of carbonyl (C=O) groups is 2. The number of carbonyl (C=O) groups excluding carboxylic acids is 2. The van der Waals surface area contributed by atoms with Crippen molar-refractivity contribution in [3.05, 3.63) is 0 Å². The van der Waals surface area contributed by atoms with E-state index in [0.29, 0.717) is 6.54 Å². The summed E-state index contributed by atoms with van der Waals surface area (Å²) in [5.74, 6) is -0.343. The highest BCUT2D eigenvalue weighted by molar-refractivity contribution is 5.85. The van der Waals surface area contributed by atoms with Crippen LogP contribution in [0.5, 0.6) is 0 Å². The van der Waals surface area contributed by atoms with Gasteiger partial charge >= 0.3 is 0 Å². The van der Waals surface area contributed by atoms with Crippen LogP contribution in [0.15, 0.2) is 0 Å². The molecular weight excluding hydrogens is 270 g/mol. The van der Waals surface area contributed by atoms with Crippen molar-refractivity contribution >= 4 is 24.2 Å². The van der Waals surface area contributed by atoms with Gasteiger partial charge in [-0.1, -0.05) is 0 Å². The summed E-state index contributed by atoms with van der Waals surface area (Å²) in [4.78, 5) is 22.7. The van der Waals surface area contributed by atoms with E-state index in [9.17, 15) is 9.59 Å². The Kier molecular flexibility index (Phi) is 9.55. The normalized spacial score (nSPS) is 17.9. The lowest BCUT2D eigenvalue weighted by Crippen LogP contribution is -2.43. The molecule has 1 saturated heterocycles. The minimum Gasteiger partial charge on any atom is -0.377 e. The SMILES string of the molecule is CC(C)NC(=O)CNC(=O)CNCC1CCCO1.Cl. The number of hydrogen-bond acceptors (Lipinski definition) is 4. The lowest BCUT2D eigenvalue weighted by Gasteiger charge is -2.11. The maximum absolute atomic E-state index is 11.4. The van der Waals surface area contributed by atoms with E-state index in [2.05, 4.69) is 16.0 Å². The molecule has 1 rings (SSSR count). The quantitative estimate of drug-likeness (QED) is 0.608. The van der Waals surface area contributed by atoms with Crippen molar-refractivity contribution in [1.82, 2.24) is 16.0 Å². The highest BCUT2D eigenvalue weighted by atomic mass is 35.5. The van der Waals surface area contributed by atoms with Crippen LogP contribution in [0.3, 0.4) is 0 Å². The van der Waals surface area contributed by atoms with Crippen molar-refractivity contribution in [2.75, 3.05) is 26.2 Å². The first-order valence-corrected chi connectivity index (χ1v) is 6.46. The minimum absolute atomic E-state index is 0. The molecule has 7 heteroatoms. The van der Waals surface area contributed by atoms with E-state index in [0.717, 1.165) is 19.4 Å². The van der Waals surface area contributed by atoms with Gasteiger partial charge in [0.15, 0.2) is 0 Å². The second-order valence-corrected chi connectivity index (χ2v) is 4.76. The monoisotopic (exact) mass is 293 g/mol. The highest BCUT2D eigenvalue weighted by Crippen LogP contribution is 2.10. The van der Waals surface area contributed by atoms with Crippen molar-refractivity contribution < 1.29 is 14.3 Å². The molecule has 0 aromatic heterocycles. The van der Waals surface area contributed by atoms with E-state index >= 15 is 0 Å². The van der Waals surface area contributed by atoms with Crippen molar-refractivity contribution in [2.45, 2.75) is 38.8 Å². The Balaban J connectivity index is 0.00000324. The third kappa shape index (κ3) is 8.80. The Morgan fingerprint density at radius 2 is 2.00 bits per heavy atom. The van der Waals surface area contributed by atoms with Crippen LogP contribution < -0.4 is 16.0 Å². The zero-order valence-electron chi connectivity index (χ0n) is 11.5. The summed E-state index contributed by atoms with van der Waals surface area (Å²) in [6.07, 6.45) is 2.36. The van der Waals surface area contributed by atoms with Gasteiger partial charge < -0.3 is 20.7 Å². The summed E-state index contributed by atoms with van der Waals surface area (Å²) >= 11 is 0. The second kappa shape index (κ2) is 10.00. The smallest absolute Gasteiger partial charge is 0.239 e. The number of nitrogens with one attached hydrogen (secondary N) is 3. The zero-order chi connectivity index (χ0) is 13.4. The number of hydrogen-bond donors (Lipinski definition) is 3. The molecule has 0 spiro atoms. The molecule has 1 fully saturated rings.